The second-order valence-electron chi connectivity index (χ2n) is 8.33. The van der Waals surface area contributed by atoms with Gasteiger partial charge in [-0.3, -0.25) is 9.69 Å². The Morgan fingerprint density at radius 1 is 1.11 bits per heavy atom. The van der Waals surface area contributed by atoms with Gasteiger partial charge in [-0.2, -0.15) is 0 Å². The summed E-state index contributed by atoms with van der Waals surface area (Å²) in [5.74, 6) is -0.491. The lowest BCUT2D eigenvalue weighted by atomic mass is 9.79. The lowest BCUT2D eigenvalue weighted by Gasteiger charge is -2.41. The molecule has 0 aromatic carbocycles. The van der Waals surface area contributed by atoms with Crippen molar-refractivity contribution in [3.8, 4) is 0 Å². The van der Waals surface area contributed by atoms with Crippen molar-refractivity contribution >= 4 is 5.97 Å². The van der Waals surface area contributed by atoms with Crippen molar-refractivity contribution in [2.75, 3.05) is 39.5 Å². The van der Waals surface area contributed by atoms with Gasteiger partial charge in [0.2, 0.25) is 0 Å². The highest BCUT2D eigenvalue weighted by Gasteiger charge is 2.52. The molecule has 1 unspecified atom stereocenters. The van der Waals surface area contributed by atoms with E-state index in [-0.39, 0.29) is 16.7 Å². The van der Waals surface area contributed by atoms with E-state index in [0.717, 1.165) is 44.8 Å². The van der Waals surface area contributed by atoms with Gasteiger partial charge in [-0.1, -0.05) is 0 Å². The first-order valence-corrected chi connectivity index (χ1v) is 9.82. The summed E-state index contributed by atoms with van der Waals surface area (Å²) in [6.07, 6.45) is 3.83. The van der Waals surface area contributed by atoms with E-state index in [1.54, 1.807) is 4.57 Å². The van der Waals surface area contributed by atoms with Crippen LogP contribution in [0.1, 0.15) is 49.0 Å². The first kappa shape index (κ1) is 18.7. The molecular weight excluding hydrogens is 348 g/mol. The molecule has 7 heteroatoms. The molecule has 0 amide bonds. The first-order chi connectivity index (χ1) is 12.9. The van der Waals surface area contributed by atoms with Gasteiger partial charge in [0.1, 0.15) is 11.2 Å². The Balaban J connectivity index is 1.52. The number of carbonyl (C=O) groups is 1. The number of fused-ring (bicyclic) bond motifs is 2. The molecule has 0 bridgehead atoms. The quantitative estimate of drug-likeness (QED) is 0.742. The normalized spacial score (nSPS) is 27.6. The van der Waals surface area contributed by atoms with Crippen molar-refractivity contribution in [1.82, 2.24) is 9.47 Å². The molecule has 3 aliphatic heterocycles. The molecule has 4 heterocycles. The summed E-state index contributed by atoms with van der Waals surface area (Å²) < 4.78 is 18.6. The molecule has 1 atom stereocenters. The van der Waals surface area contributed by atoms with Crippen LogP contribution in [0.3, 0.4) is 0 Å². The highest BCUT2D eigenvalue weighted by Crippen LogP contribution is 2.47. The number of ether oxygens (including phenoxy) is 3. The van der Waals surface area contributed by atoms with Crippen LogP contribution >= 0.6 is 0 Å². The standard InChI is InChI=1S/C20H28N2O5/c1-19(2)14-20(5-11-26-19)15-4-8-22(17(23)16(15)18(24)27-20)7-3-6-21-9-12-25-13-10-21/h4,8H,3,5-7,9-14H2,1-2H3. The molecule has 7 nitrogen and oxygen atoms in total. The summed E-state index contributed by atoms with van der Waals surface area (Å²) in [5, 5.41) is 0. The fourth-order valence-electron chi connectivity index (χ4n) is 4.54. The van der Waals surface area contributed by atoms with Crippen LogP contribution in [-0.2, 0) is 26.4 Å². The molecule has 27 heavy (non-hydrogen) atoms. The van der Waals surface area contributed by atoms with E-state index in [4.69, 9.17) is 14.2 Å². The van der Waals surface area contributed by atoms with Crippen LogP contribution in [0.15, 0.2) is 17.1 Å². The number of aromatic nitrogens is 1. The molecule has 1 spiro atoms. The minimum absolute atomic E-state index is 0.210. The van der Waals surface area contributed by atoms with Crippen LogP contribution in [0.2, 0.25) is 0 Å². The SMILES string of the molecule is CC1(C)CC2(CCO1)OC(=O)c1c2ccn(CCCN2CCOCC2)c1=O. The van der Waals surface area contributed by atoms with Crippen molar-refractivity contribution in [3.05, 3.63) is 33.7 Å². The number of carbonyl (C=O) groups excluding carboxylic acids is 1. The Morgan fingerprint density at radius 2 is 1.89 bits per heavy atom. The van der Waals surface area contributed by atoms with Gasteiger partial charge in [-0.05, 0) is 26.3 Å². The van der Waals surface area contributed by atoms with Crippen LogP contribution in [0.4, 0.5) is 0 Å². The molecule has 0 saturated carbocycles. The third-order valence-corrected chi connectivity index (χ3v) is 5.84. The van der Waals surface area contributed by atoms with Gasteiger partial charge in [0, 0.05) is 50.8 Å². The van der Waals surface area contributed by atoms with Crippen molar-refractivity contribution in [1.29, 1.82) is 0 Å². The predicted molar refractivity (Wildman–Crippen MR) is 98.9 cm³/mol. The highest BCUT2D eigenvalue weighted by molar-refractivity contribution is 5.94. The predicted octanol–water partition coefficient (Wildman–Crippen LogP) is 1.53. The zero-order valence-electron chi connectivity index (χ0n) is 16.2. The van der Waals surface area contributed by atoms with Crippen LogP contribution < -0.4 is 5.56 Å². The lowest BCUT2D eigenvalue weighted by molar-refractivity contribution is -0.145. The van der Waals surface area contributed by atoms with Crippen LogP contribution in [-0.4, -0.2) is 60.5 Å². The Morgan fingerprint density at radius 3 is 2.63 bits per heavy atom. The lowest BCUT2D eigenvalue weighted by Crippen LogP contribution is -2.44. The summed E-state index contributed by atoms with van der Waals surface area (Å²) >= 11 is 0. The van der Waals surface area contributed by atoms with Gasteiger partial charge in [-0.15, -0.1) is 0 Å². The fourth-order valence-corrected chi connectivity index (χ4v) is 4.54. The topological polar surface area (TPSA) is 70.0 Å². The van der Waals surface area contributed by atoms with E-state index < -0.39 is 11.6 Å². The van der Waals surface area contributed by atoms with Crippen molar-refractivity contribution in [2.45, 2.75) is 50.9 Å². The average Bonchev–Trinajstić information content (AvgIpc) is 2.88. The summed E-state index contributed by atoms with van der Waals surface area (Å²) in [4.78, 5) is 27.8. The van der Waals surface area contributed by atoms with Gasteiger partial charge in [-0.25, -0.2) is 4.79 Å². The van der Waals surface area contributed by atoms with Crippen LogP contribution in [0.25, 0.3) is 0 Å². The molecule has 2 saturated heterocycles. The number of pyridine rings is 1. The van der Waals surface area contributed by atoms with Gasteiger partial charge in [0.25, 0.3) is 5.56 Å². The summed E-state index contributed by atoms with van der Waals surface area (Å²) in [6.45, 7) is 9.43. The summed E-state index contributed by atoms with van der Waals surface area (Å²) in [5.41, 5.74) is -0.395. The van der Waals surface area contributed by atoms with E-state index in [1.807, 2.05) is 26.1 Å². The second-order valence-corrected chi connectivity index (χ2v) is 8.33. The minimum atomic E-state index is -0.722. The van der Waals surface area contributed by atoms with Gasteiger partial charge >= 0.3 is 5.97 Å². The average molecular weight is 376 g/mol. The second kappa shape index (κ2) is 7.04. The maximum Gasteiger partial charge on any atom is 0.345 e. The van der Waals surface area contributed by atoms with Gasteiger partial charge in [0.15, 0.2) is 0 Å². The third-order valence-electron chi connectivity index (χ3n) is 5.84. The van der Waals surface area contributed by atoms with Gasteiger partial charge in [0.05, 0.1) is 25.4 Å². The number of hydrogen-bond donors (Lipinski definition) is 0. The Labute approximate surface area is 159 Å². The summed E-state index contributed by atoms with van der Waals surface area (Å²) in [7, 11) is 0. The molecule has 0 aliphatic carbocycles. The molecular formula is C20H28N2O5. The smallest absolute Gasteiger partial charge is 0.345 e. The molecule has 2 fully saturated rings. The van der Waals surface area contributed by atoms with E-state index in [0.29, 0.717) is 26.0 Å². The molecule has 4 rings (SSSR count). The Hall–Kier alpha value is -1.70. The monoisotopic (exact) mass is 376 g/mol. The Bertz CT molecular complexity index is 781. The maximum atomic E-state index is 12.9. The van der Waals surface area contributed by atoms with E-state index >= 15 is 0 Å². The molecule has 0 N–H and O–H groups in total. The number of esters is 1. The number of nitrogens with zero attached hydrogens (tertiary/aromatic N) is 2. The molecule has 1 aromatic rings. The van der Waals surface area contributed by atoms with Crippen molar-refractivity contribution in [2.24, 2.45) is 0 Å². The minimum Gasteiger partial charge on any atom is -0.450 e. The largest absolute Gasteiger partial charge is 0.450 e. The summed E-state index contributed by atoms with van der Waals surface area (Å²) in [6, 6.07) is 1.90. The van der Waals surface area contributed by atoms with Gasteiger partial charge < -0.3 is 18.8 Å². The van der Waals surface area contributed by atoms with Crippen molar-refractivity contribution < 1.29 is 19.0 Å². The zero-order valence-corrected chi connectivity index (χ0v) is 16.2. The number of rotatable bonds is 4. The van der Waals surface area contributed by atoms with Crippen molar-refractivity contribution in [3.63, 3.8) is 0 Å². The third kappa shape index (κ3) is 3.56. The van der Waals surface area contributed by atoms with Crippen LogP contribution in [0.5, 0.6) is 0 Å². The Kier molecular flexibility index (Phi) is 4.86. The van der Waals surface area contributed by atoms with E-state index in [2.05, 4.69) is 4.90 Å². The highest BCUT2D eigenvalue weighted by atomic mass is 16.6. The number of hydrogen-bond acceptors (Lipinski definition) is 6. The molecule has 0 radical (unpaired) electrons. The molecule has 1 aromatic heterocycles. The maximum absolute atomic E-state index is 12.9. The van der Waals surface area contributed by atoms with Crippen LogP contribution in [0, 0.1) is 0 Å². The van der Waals surface area contributed by atoms with E-state index in [9.17, 15) is 9.59 Å². The van der Waals surface area contributed by atoms with E-state index in [1.165, 1.54) is 0 Å². The molecule has 148 valence electrons. The zero-order chi connectivity index (χ0) is 19.1. The number of morpholine rings is 1. The number of aryl methyl sites for hydroxylation is 1. The first-order valence-electron chi connectivity index (χ1n) is 9.82. The molecule has 3 aliphatic rings. The fraction of sp³-hybridized carbons (Fsp3) is 0.700.